The Bertz CT molecular complexity index is 809. The molecule has 136 valence electrons. The third-order valence-corrected chi connectivity index (χ3v) is 5.95. The molecule has 0 amide bonds. The molecule has 2 saturated carbocycles. The lowest BCUT2D eigenvalue weighted by molar-refractivity contribution is -0.127. The van der Waals surface area contributed by atoms with Crippen LogP contribution < -0.4 is 0 Å². The molecule has 4 aliphatic rings. The number of fused-ring (bicyclic) bond motifs is 5. The first-order chi connectivity index (χ1) is 11.6. The van der Waals surface area contributed by atoms with Crippen LogP contribution in [0.1, 0.15) is 32.6 Å². The Kier molecular flexibility index (Phi) is 4.51. The van der Waals surface area contributed by atoms with Crippen molar-refractivity contribution in [2.75, 3.05) is 0 Å². The molecule has 0 spiro atoms. The maximum Gasteiger partial charge on any atom is 0.394 e. The molecule has 0 aromatic heterocycles. The fraction of sp³-hybridized carbons (Fsp3) is 0.500. The molecule has 0 aromatic rings. The first-order valence-corrected chi connectivity index (χ1v) is 9.73. The number of aliphatic hydroxyl groups excluding tert-OH is 1. The number of hydrogen-bond donors (Lipinski definition) is 3. The van der Waals surface area contributed by atoms with Crippen molar-refractivity contribution in [1.29, 1.82) is 0 Å². The third kappa shape index (κ3) is 3.49. The molecule has 0 aromatic carbocycles. The summed E-state index contributed by atoms with van der Waals surface area (Å²) in [6.07, 6.45) is 14.1. The summed E-state index contributed by atoms with van der Waals surface area (Å²) in [6, 6.07) is 0. The topological polar surface area (TPSA) is 112 Å². The van der Waals surface area contributed by atoms with Crippen molar-refractivity contribution in [3.8, 4) is 0 Å². The van der Waals surface area contributed by atoms with Crippen LogP contribution in [0.15, 0.2) is 47.3 Å². The minimum Gasteiger partial charge on any atom is -0.508 e. The van der Waals surface area contributed by atoms with Gasteiger partial charge in [0.15, 0.2) is 0 Å². The molecule has 3 N–H and O–H groups in total. The molecule has 4 aliphatic carbocycles. The predicted molar refractivity (Wildman–Crippen MR) is 92.2 cm³/mol. The van der Waals surface area contributed by atoms with E-state index in [9.17, 15) is 9.90 Å². The average molecular weight is 366 g/mol. The van der Waals surface area contributed by atoms with Gasteiger partial charge < -0.3 is 5.11 Å². The van der Waals surface area contributed by atoms with Gasteiger partial charge >= 0.3 is 10.4 Å². The quantitative estimate of drug-likeness (QED) is 0.568. The van der Waals surface area contributed by atoms with E-state index < -0.39 is 10.4 Å². The molecule has 2 fully saturated rings. The van der Waals surface area contributed by atoms with Crippen LogP contribution in [0.25, 0.3) is 0 Å². The Balaban J connectivity index is 0.000000324. The van der Waals surface area contributed by atoms with E-state index in [1.165, 1.54) is 11.1 Å². The molecular formula is C18H22O6S. The van der Waals surface area contributed by atoms with E-state index in [1.54, 1.807) is 0 Å². The van der Waals surface area contributed by atoms with Crippen LogP contribution in [0.5, 0.6) is 0 Å². The summed E-state index contributed by atoms with van der Waals surface area (Å²) in [5.41, 5.74) is 2.59. The van der Waals surface area contributed by atoms with Gasteiger partial charge in [-0.15, -0.1) is 0 Å². The summed E-state index contributed by atoms with van der Waals surface area (Å²) in [6.45, 7) is 2.17. The number of ketones is 1. The maximum atomic E-state index is 12.2. The number of hydrogen-bond acceptors (Lipinski definition) is 4. The Labute approximate surface area is 147 Å². The largest absolute Gasteiger partial charge is 0.508 e. The lowest BCUT2D eigenvalue weighted by Crippen LogP contribution is -2.40. The highest BCUT2D eigenvalue weighted by Crippen LogP contribution is 2.57. The summed E-state index contributed by atoms with van der Waals surface area (Å²) in [7, 11) is -4.67. The van der Waals surface area contributed by atoms with Crippen molar-refractivity contribution in [3.05, 3.63) is 47.3 Å². The van der Waals surface area contributed by atoms with Crippen LogP contribution in [-0.4, -0.2) is 28.4 Å². The van der Waals surface area contributed by atoms with Crippen LogP contribution in [-0.2, 0) is 15.2 Å². The second-order valence-electron chi connectivity index (χ2n) is 7.31. The van der Waals surface area contributed by atoms with Crippen LogP contribution in [0.4, 0.5) is 0 Å². The van der Waals surface area contributed by atoms with Gasteiger partial charge in [0.25, 0.3) is 0 Å². The van der Waals surface area contributed by atoms with Crippen molar-refractivity contribution in [3.63, 3.8) is 0 Å². The smallest absolute Gasteiger partial charge is 0.394 e. The lowest BCUT2D eigenvalue weighted by atomic mass is 9.58. The minimum absolute atomic E-state index is 0.107. The Morgan fingerprint density at radius 1 is 1.20 bits per heavy atom. The third-order valence-electron chi connectivity index (χ3n) is 5.95. The molecule has 0 unspecified atom stereocenters. The molecule has 0 radical (unpaired) electrons. The Hall–Kier alpha value is -1.70. The molecule has 7 heteroatoms. The molecule has 0 aliphatic heterocycles. The molecule has 6 nitrogen and oxygen atoms in total. The zero-order valence-electron chi connectivity index (χ0n) is 13.9. The van der Waals surface area contributed by atoms with Crippen molar-refractivity contribution in [1.82, 2.24) is 0 Å². The van der Waals surface area contributed by atoms with Gasteiger partial charge in [0.05, 0.1) is 0 Å². The first kappa shape index (κ1) is 18.1. The van der Waals surface area contributed by atoms with E-state index in [1.807, 2.05) is 12.2 Å². The van der Waals surface area contributed by atoms with E-state index >= 15 is 0 Å². The summed E-state index contributed by atoms with van der Waals surface area (Å²) in [5.74, 6) is 2.18. The number of carbonyl (C=O) groups is 1. The van der Waals surface area contributed by atoms with E-state index in [2.05, 4.69) is 25.2 Å². The number of aliphatic hydroxyl groups is 1. The van der Waals surface area contributed by atoms with Gasteiger partial charge in [-0.1, -0.05) is 30.7 Å². The molecule has 0 heterocycles. The fourth-order valence-corrected chi connectivity index (χ4v) is 4.78. The molecule has 0 saturated heterocycles. The van der Waals surface area contributed by atoms with Gasteiger partial charge in [-0.2, -0.15) is 8.42 Å². The van der Waals surface area contributed by atoms with E-state index in [4.69, 9.17) is 17.5 Å². The number of rotatable bonds is 0. The number of carbonyl (C=O) groups excluding carboxylic acids is 1. The minimum atomic E-state index is -4.67. The second kappa shape index (κ2) is 6.23. The van der Waals surface area contributed by atoms with Gasteiger partial charge in [-0.3, -0.25) is 13.9 Å². The zero-order valence-corrected chi connectivity index (χ0v) is 14.7. The molecule has 4 atom stereocenters. The number of allylic oxidation sites excluding steroid dienone is 7. The number of Topliss-reactive ketones (excluding diaryl/α,β-unsaturated/α-hetero) is 1. The maximum absolute atomic E-state index is 12.2. The Morgan fingerprint density at radius 2 is 1.88 bits per heavy atom. The standard InChI is InChI=1S/C18H20O2.H2O4S/c1-18-9-8-14-13-5-3-12(19)10-11(13)2-4-15(14)16(18)6-7-17(18)20;1-5(2,3)4/h2-5,10,13-14,16,19H,6-9H2,1H3;(H2,1,2,3,4)/t13-,14+,16-,18-;/m0./s1. The van der Waals surface area contributed by atoms with Gasteiger partial charge in [0.2, 0.25) is 0 Å². The van der Waals surface area contributed by atoms with Crippen molar-refractivity contribution in [2.24, 2.45) is 23.2 Å². The van der Waals surface area contributed by atoms with Gasteiger partial charge in [0, 0.05) is 17.8 Å². The summed E-state index contributed by atoms with van der Waals surface area (Å²) < 4.78 is 31.6. The van der Waals surface area contributed by atoms with Crippen molar-refractivity contribution in [2.45, 2.75) is 32.6 Å². The van der Waals surface area contributed by atoms with Crippen LogP contribution in [0.2, 0.25) is 0 Å². The van der Waals surface area contributed by atoms with E-state index in [0.29, 0.717) is 29.3 Å². The Morgan fingerprint density at radius 3 is 2.56 bits per heavy atom. The fourth-order valence-electron chi connectivity index (χ4n) is 4.78. The van der Waals surface area contributed by atoms with Crippen molar-refractivity contribution < 1.29 is 27.4 Å². The monoisotopic (exact) mass is 366 g/mol. The van der Waals surface area contributed by atoms with Crippen molar-refractivity contribution >= 4 is 16.2 Å². The van der Waals surface area contributed by atoms with Crippen LogP contribution in [0.3, 0.4) is 0 Å². The highest BCUT2D eigenvalue weighted by Gasteiger charge is 2.52. The molecule has 25 heavy (non-hydrogen) atoms. The second-order valence-corrected chi connectivity index (χ2v) is 8.21. The van der Waals surface area contributed by atoms with E-state index in [0.717, 1.165) is 25.7 Å². The highest BCUT2D eigenvalue weighted by atomic mass is 32.3. The average Bonchev–Trinajstić information content (AvgIpc) is 2.81. The summed E-state index contributed by atoms with van der Waals surface area (Å²) >= 11 is 0. The molecule has 0 bridgehead atoms. The van der Waals surface area contributed by atoms with Gasteiger partial charge in [0.1, 0.15) is 11.5 Å². The summed E-state index contributed by atoms with van der Waals surface area (Å²) in [5, 5.41) is 9.64. The zero-order chi connectivity index (χ0) is 18.4. The van der Waals surface area contributed by atoms with Crippen LogP contribution in [0, 0.1) is 23.2 Å². The van der Waals surface area contributed by atoms with Crippen LogP contribution >= 0.6 is 0 Å². The SMILES string of the molecule is C[C@]12CC[C@H]3C(=CC=C4C=C(O)C=C[C@@H]43)[C@@H]1CCC2=O.O=S(=O)(O)O. The predicted octanol–water partition coefficient (Wildman–Crippen LogP) is 3.22. The summed E-state index contributed by atoms with van der Waals surface area (Å²) in [4.78, 5) is 12.2. The van der Waals surface area contributed by atoms with Gasteiger partial charge in [-0.05, 0) is 48.8 Å². The highest BCUT2D eigenvalue weighted by molar-refractivity contribution is 7.79. The first-order valence-electron chi connectivity index (χ1n) is 8.33. The lowest BCUT2D eigenvalue weighted by Gasteiger charge is -2.45. The molecular weight excluding hydrogens is 344 g/mol. The van der Waals surface area contributed by atoms with E-state index in [-0.39, 0.29) is 5.41 Å². The molecule has 4 rings (SSSR count). The van der Waals surface area contributed by atoms with Gasteiger partial charge in [-0.25, -0.2) is 0 Å². The normalized spacial score (nSPS) is 36.0.